The molecule has 0 spiro atoms. The van der Waals surface area contributed by atoms with Gasteiger partial charge in [-0.2, -0.15) is 0 Å². The van der Waals surface area contributed by atoms with Crippen molar-refractivity contribution in [2.45, 2.75) is 19.8 Å². The Balaban J connectivity index is 2.68. The summed E-state index contributed by atoms with van der Waals surface area (Å²) in [6.45, 7) is 2.12. The van der Waals surface area contributed by atoms with Crippen molar-refractivity contribution in [1.82, 2.24) is 4.98 Å². The summed E-state index contributed by atoms with van der Waals surface area (Å²) in [5.41, 5.74) is 8.53. The highest BCUT2D eigenvalue weighted by Crippen LogP contribution is 2.26. The summed E-state index contributed by atoms with van der Waals surface area (Å²) < 4.78 is 0. The van der Waals surface area contributed by atoms with E-state index in [4.69, 9.17) is 17.3 Å². The number of aromatic nitrogens is 1. The summed E-state index contributed by atoms with van der Waals surface area (Å²) in [6, 6.07) is 7.61. The van der Waals surface area contributed by atoms with Gasteiger partial charge in [-0.05, 0) is 18.6 Å². The lowest BCUT2D eigenvalue weighted by atomic mass is 10.1. The lowest BCUT2D eigenvalue weighted by Crippen LogP contribution is -1.95. The molecule has 0 atom stereocenters. The molecule has 15 heavy (non-hydrogen) atoms. The first-order valence-electron chi connectivity index (χ1n) is 5.06. The van der Waals surface area contributed by atoms with E-state index in [1.807, 2.05) is 24.3 Å². The van der Waals surface area contributed by atoms with Crippen molar-refractivity contribution in [2.24, 2.45) is 0 Å². The number of nitrogens with zero attached hydrogens (tertiary/aromatic N) is 1. The minimum Gasteiger partial charge on any atom is -0.398 e. The minimum absolute atomic E-state index is 0.664. The van der Waals surface area contributed by atoms with Crippen molar-refractivity contribution < 1.29 is 0 Å². The second-order valence-corrected chi connectivity index (χ2v) is 4.00. The van der Waals surface area contributed by atoms with Crippen LogP contribution in [0.3, 0.4) is 0 Å². The van der Waals surface area contributed by atoms with Crippen molar-refractivity contribution in [3.05, 3.63) is 35.0 Å². The molecule has 0 saturated carbocycles. The van der Waals surface area contributed by atoms with Crippen LogP contribution in [-0.2, 0) is 6.42 Å². The van der Waals surface area contributed by atoms with Crippen LogP contribution < -0.4 is 5.73 Å². The van der Waals surface area contributed by atoms with Crippen molar-refractivity contribution in [2.75, 3.05) is 5.73 Å². The molecule has 0 amide bonds. The topological polar surface area (TPSA) is 38.9 Å². The maximum Gasteiger partial charge on any atom is 0.0912 e. The fraction of sp³-hybridized carbons (Fsp3) is 0.250. The van der Waals surface area contributed by atoms with Gasteiger partial charge in [-0.25, -0.2) is 0 Å². The van der Waals surface area contributed by atoms with Crippen molar-refractivity contribution in [3.63, 3.8) is 0 Å². The second-order valence-electron chi connectivity index (χ2n) is 3.59. The quantitative estimate of drug-likeness (QED) is 0.842. The highest BCUT2D eigenvalue weighted by Gasteiger charge is 2.05. The van der Waals surface area contributed by atoms with Gasteiger partial charge in [0.25, 0.3) is 0 Å². The van der Waals surface area contributed by atoms with E-state index in [0.717, 1.165) is 35.1 Å². The molecule has 0 aliphatic rings. The van der Waals surface area contributed by atoms with E-state index in [2.05, 4.69) is 11.9 Å². The van der Waals surface area contributed by atoms with Crippen LogP contribution in [0.15, 0.2) is 24.3 Å². The third kappa shape index (κ3) is 1.90. The monoisotopic (exact) mass is 220 g/mol. The van der Waals surface area contributed by atoms with E-state index in [1.165, 1.54) is 0 Å². The van der Waals surface area contributed by atoms with Crippen LogP contribution in [0, 0.1) is 0 Å². The fourth-order valence-corrected chi connectivity index (χ4v) is 1.90. The molecule has 1 aromatic heterocycles. The predicted octanol–water partition coefficient (Wildman–Crippen LogP) is 3.42. The molecule has 2 aromatic rings. The average molecular weight is 221 g/mol. The van der Waals surface area contributed by atoms with Gasteiger partial charge in [0, 0.05) is 16.8 Å². The zero-order valence-corrected chi connectivity index (χ0v) is 9.38. The Labute approximate surface area is 94.1 Å². The Bertz CT molecular complexity index is 494. The van der Waals surface area contributed by atoms with Gasteiger partial charge >= 0.3 is 0 Å². The molecule has 0 bridgehead atoms. The van der Waals surface area contributed by atoms with Crippen LogP contribution >= 0.6 is 11.6 Å². The number of rotatable bonds is 2. The molecule has 0 saturated heterocycles. The number of hydrogen-bond acceptors (Lipinski definition) is 2. The molecule has 2 rings (SSSR count). The first-order valence-corrected chi connectivity index (χ1v) is 5.43. The molecule has 1 aromatic carbocycles. The molecule has 0 aliphatic carbocycles. The van der Waals surface area contributed by atoms with E-state index in [-0.39, 0.29) is 0 Å². The van der Waals surface area contributed by atoms with E-state index in [0.29, 0.717) is 5.02 Å². The second kappa shape index (κ2) is 4.07. The van der Waals surface area contributed by atoms with Gasteiger partial charge < -0.3 is 5.73 Å². The molecular formula is C12H13ClN2. The number of benzene rings is 1. The molecule has 0 unspecified atom stereocenters. The number of nitrogens with two attached hydrogens (primary N) is 1. The van der Waals surface area contributed by atoms with Gasteiger partial charge in [0.05, 0.1) is 10.5 Å². The third-order valence-electron chi connectivity index (χ3n) is 2.38. The zero-order chi connectivity index (χ0) is 10.8. The van der Waals surface area contributed by atoms with Crippen molar-refractivity contribution in [3.8, 4) is 0 Å². The summed E-state index contributed by atoms with van der Waals surface area (Å²) in [5, 5.41) is 1.60. The molecular weight excluding hydrogens is 208 g/mol. The first kappa shape index (κ1) is 10.2. The standard InChI is InChI=1S/C12H13ClN2/c1-2-4-8-7-11(14)9-5-3-6-10(13)12(9)15-8/h3,5-7H,2,4H2,1H3,(H2,14,15). The maximum absolute atomic E-state index is 6.08. The number of aryl methyl sites for hydroxylation is 1. The molecule has 2 nitrogen and oxygen atoms in total. The minimum atomic E-state index is 0.664. The molecule has 1 heterocycles. The molecule has 2 N–H and O–H groups in total. The number of fused-ring (bicyclic) bond motifs is 1. The number of halogens is 1. The number of hydrogen-bond donors (Lipinski definition) is 1. The first-order chi connectivity index (χ1) is 7.22. The van der Waals surface area contributed by atoms with Gasteiger partial charge in [0.15, 0.2) is 0 Å². The van der Waals surface area contributed by atoms with Crippen LogP contribution in [0.4, 0.5) is 5.69 Å². The highest BCUT2D eigenvalue weighted by molar-refractivity contribution is 6.35. The maximum atomic E-state index is 6.08. The Kier molecular flexibility index (Phi) is 2.78. The van der Waals surface area contributed by atoms with Crippen LogP contribution in [0.2, 0.25) is 5.02 Å². The van der Waals surface area contributed by atoms with Crippen LogP contribution in [0.5, 0.6) is 0 Å². The fourth-order valence-electron chi connectivity index (χ4n) is 1.68. The SMILES string of the molecule is CCCc1cc(N)c2cccc(Cl)c2n1. The summed E-state index contributed by atoms with van der Waals surface area (Å²) in [6.07, 6.45) is 1.99. The van der Waals surface area contributed by atoms with Gasteiger partial charge in [0.2, 0.25) is 0 Å². The smallest absolute Gasteiger partial charge is 0.0912 e. The summed E-state index contributed by atoms with van der Waals surface area (Å²) in [7, 11) is 0. The summed E-state index contributed by atoms with van der Waals surface area (Å²) >= 11 is 6.08. The predicted molar refractivity (Wildman–Crippen MR) is 65.2 cm³/mol. The summed E-state index contributed by atoms with van der Waals surface area (Å²) in [5.74, 6) is 0. The van der Waals surface area contributed by atoms with Crippen molar-refractivity contribution in [1.29, 1.82) is 0 Å². The summed E-state index contributed by atoms with van der Waals surface area (Å²) in [4.78, 5) is 4.51. The van der Waals surface area contributed by atoms with Gasteiger partial charge in [-0.15, -0.1) is 0 Å². The Hall–Kier alpha value is -1.28. The zero-order valence-electron chi connectivity index (χ0n) is 8.63. The van der Waals surface area contributed by atoms with Crippen LogP contribution in [0.25, 0.3) is 10.9 Å². The van der Waals surface area contributed by atoms with Gasteiger partial charge in [-0.3, -0.25) is 4.98 Å². The Morgan fingerprint density at radius 3 is 2.93 bits per heavy atom. The van der Waals surface area contributed by atoms with Crippen LogP contribution in [-0.4, -0.2) is 4.98 Å². The highest BCUT2D eigenvalue weighted by atomic mass is 35.5. The largest absolute Gasteiger partial charge is 0.398 e. The number of para-hydroxylation sites is 1. The molecule has 0 aliphatic heterocycles. The molecule has 3 heteroatoms. The normalized spacial score (nSPS) is 10.8. The molecule has 0 radical (unpaired) electrons. The Morgan fingerprint density at radius 2 is 2.20 bits per heavy atom. The lowest BCUT2D eigenvalue weighted by molar-refractivity contribution is 0.890. The molecule has 78 valence electrons. The number of pyridine rings is 1. The number of nitrogen functional groups attached to an aromatic ring is 1. The van der Waals surface area contributed by atoms with E-state index in [9.17, 15) is 0 Å². The van der Waals surface area contributed by atoms with E-state index in [1.54, 1.807) is 0 Å². The lowest BCUT2D eigenvalue weighted by Gasteiger charge is -2.06. The number of anilines is 1. The Morgan fingerprint density at radius 1 is 1.40 bits per heavy atom. The average Bonchev–Trinajstić information content (AvgIpc) is 2.20. The van der Waals surface area contributed by atoms with Gasteiger partial charge in [-0.1, -0.05) is 37.1 Å². The van der Waals surface area contributed by atoms with E-state index >= 15 is 0 Å². The van der Waals surface area contributed by atoms with Crippen molar-refractivity contribution >= 4 is 28.2 Å². The molecule has 0 fully saturated rings. The van der Waals surface area contributed by atoms with Crippen LogP contribution in [0.1, 0.15) is 19.0 Å². The van der Waals surface area contributed by atoms with Gasteiger partial charge in [0.1, 0.15) is 0 Å². The van der Waals surface area contributed by atoms with E-state index < -0.39 is 0 Å². The third-order valence-corrected chi connectivity index (χ3v) is 2.69.